The van der Waals surface area contributed by atoms with Crippen molar-refractivity contribution in [1.82, 2.24) is 0 Å². The Kier molecular flexibility index (Phi) is 9.26. The molecular formula is C28H32Na2O8S2. The zero-order valence-corrected chi connectivity index (χ0v) is 29.6. The van der Waals surface area contributed by atoms with Gasteiger partial charge in [0.1, 0.15) is 0 Å². The van der Waals surface area contributed by atoms with E-state index in [-0.39, 0.29) is 82.5 Å². The molecule has 4 saturated carbocycles. The third-order valence-corrected chi connectivity index (χ3v) is 12.2. The van der Waals surface area contributed by atoms with Gasteiger partial charge in [0.25, 0.3) is 0 Å². The summed E-state index contributed by atoms with van der Waals surface area (Å²) < 4.78 is 69.9. The molecule has 0 aliphatic heterocycles. The van der Waals surface area contributed by atoms with Crippen LogP contribution in [0.1, 0.15) is 64.5 Å². The molecule has 4 unspecified atom stereocenters. The molecule has 4 aliphatic rings. The van der Waals surface area contributed by atoms with Crippen LogP contribution >= 0.6 is 0 Å². The molecule has 4 bridgehead atoms. The second kappa shape index (κ2) is 10.8. The van der Waals surface area contributed by atoms with E-state index in [1.54, 1.807) is 12.2 Å². The van der Waals surface area contributed by atoms with Gasteiger partial charge < -0.3 is 9.11 Å². The molecule has 0 spiro atoms. The summed E-state index contributed by atoms with van der Waals surface area (Å²) in [5.74, 6) is -2.18. The van der Waals surface area contributed by atoms with Crippen molar-refractivity contribution < 1.29 is 94.6 Å². The molecule has 0 radical (unpaired) electrons. The number of benzene rings is 1. The topological polar surface area (TPSA) is 149 Å². The van der Waals surface area contributed by atoms with Crippen LogP contribution in [0.4, 0.5) is 0 Å². The van der Waals surface area contributed by atoms with Crippen LogP contribution in [0.25, 0.3) is 12.2 Å². The Hall–Kier alpha value is -0.140. The number of allylic oxidation sites excluding steroid dienone is 2. The van der Waals surface area contributed by atoms with Crippen LogP contribution in [0.5, 0.6) is 0 Å². The molecule has 0 N–H and O–H groups in total. The van der Waals surface area contributed by atoms with Crippen molar-refractivity contribution in [2.75, 3.05) is 11.5 Å². The summed E-state index contributed by atoms with van der Waals surface area (Å²) in [5, 5.41) is 0. The summed E-state index contributed by atoms with van der Waals surface area (Å²) in [5.41, 5.74) is -1.10. The van der Waals surface area contributed by atoms with Crippen LogP contribution in [0.2, 0.25) is 0 Å². The molecule has 12 heteroatoms. The van der Waals surface area contributed by atoms with E-state index in [9.17, 15) is 35.5 Å². The van der Waals surface area contributed by atoms with E-state index in [2.05, 4.69) is 0 Å². The number of carbonyl (C=O) groups is 2. The van der Waals surface area contributed by atoms with Gasteiger partial charge in [-0.1, -0.05) is 52.0 Å². The van der Waals surface area contributed by atoms with Gasteiger partial charge in [-0.3, -0.25) is 9.59 Å². The first-order chi connectivity index (χ1) is 17.3. The quantitative estimate of drug-likeness (QED) is 0.197. The van der Waals surface area contributed by atoms with Crippen LogP contribution in [-0.4, -0.2) is 49.0 Å². The van der Waals surface area contributed by atoms with E-state index in [4.69, 9.17) is 0 Å². The van der Waals surface area contributed by atoms with Crippen LogP contribution in [0.3, 0.4) is 0 Å². The fourth-order valence-corrected chi connectivity index (χ4v) is 10.7. The molecule has 40 heavy (non-hydrogen) atoms. The van der Waals surface area contributed by atoms with Crippen molar-refractivity contribution in [2.45, 2.75) is 53.4 Å². The Balaban J connectivity index is 0.00000220. The Bertz CT molecular complexity index is 1410. The van der Waals surface area contributed by atoms with E-state index >= 15 is 0 Å². The maximum atomic E-state index is 13.4. The summed E-state index contributed by atoms with van der Waals surface area (Å²) in [6.45, 7) is 7.45. The SMILES string of the molecule is CC1(C)C2CCC1(CS(=O)(=O)[O-])C(=O)C2=Cc1ccc(/C=C2\C(=O)C3(CS(=O)(=O)[O-])CCC2C3(C)C)cc1.[Na+].[Na+]. The van der Waals surface area contributed by atoms with Gasteiger partial charge in [-0.05, 0) is 71.6 Å². The molecule has 0 heterocycles. The fraction of sp³-hybridized carbons (Fsp3) is 0.571. The van der Waals surface area contributed by atoms with Crippen LogP contribution in [0, 0.1) is 33.5 Å². The maximum absolute atomic E-state index is 13.4. The van der Waals surface area contributed by atoms with Gasteiger partial charge in [-0.15, -0.1) is 0 Å². The molecule has 206 valence electrons. The van der Waals surface area contributed by atoms with E-state index < -0.39 is 53.4 Å². The largest absolute Gasteiger partial charge is 1.00 e. The van der Waals surface area contributed by atoms with E-state index in [1.807, 2.05) is 52.0 Å². The molecule has 0 saturated heterocycles. The van der Waals surface area contributed by atoms with Gasteiger partial charge in [0.15, 0.2) is 11.6 Å². The van der Waals surface area contributed by atoms with Gasteiger partial charge >= 0.3 is 59.1 Å². The standard InChI is InChI=1S/C28H34O8S2.2Na/c1-25(2)21-9-11-27(25,15-37(31,32)33)23(29)19(21)13-17-5-7-18(8-6-17)14-20-22-10-12-28(24(20)30,26(22,3)4)16-38(34,35)36;;/h5-8,13-14,21-22H,9-12,15-16H2,1-4H3,(H,31,32,33)(H,34,35,36);;/q;2*+1/p-2/b19-13-,20-14?;;. The Morgan fingerprint density at radius 1 is 0.700 bits per heavy atom. The molecule has 0 amide bonds. The Labute approximate surface area is 280 Å². The molecule has 1 aromatic rings. The third-order valence-electron chi connectivity index (χ3n) is 10.5. The van der Waals surface area contributed by atoms with Gasteiger partial charge in [-0.2, -0.15) is 0 Å². The van der Waals surface area contributed by atoms with Crippen LogP contribution < -0.4 is 59.1 Å². The van der Waals surface area contributed by atoms with Crippen molar-refractivity contribution >= 4 is 44.0 Å². The van der Waals surface area contributed by atoms with Gasteiger partial charge in [0.05, 0.1) is 42.6 Å². The van der Waals surface area contributed by atoms with Crippen molar-refractivity contribution in [2.24, 2.45) is 33.5 Å². The average molecular weight is 607 g/mol. The molecular weight excluding hydrogens is 574 g/mol. The fourth-order valence-electron chi connectivity index (χ4n) is 8.22. The molecule has 4 atom stereocenters. The Morgan fingerprint density at radius 2 is 1.00 bits per heavy atom. The first-order valence-electron chi connectivity index (χ1n) is 12.8. The number of hydrogen-bond acceptors (Lipinski definition) is 8. The van der Waals surface area contributed by atoms with Crippen molar-refractivity contribution in [3.63, 3.8) is 0 Å². The summed E-state index contributed by atoms with van der Waals surface area (Å²) in [7, 11) is -9.17. The second-order valence-electron chi connectivity index (χ2n) is 12.7. The number of Topliss-reactive ketones (excluding diaryl/α,β-unsaturated/α-hetero) is 2. The van der Waals surface area contributed by atoms with Crippen LogP contribution in [0.15, 0.2) is 35.4 Å². The molecule has 8 nitrogen and oxygen atoms in total. The molecule has 5 rings (SSSR count). The summed E-state index contributed by atoms with van der Waals surface area (Å²) in [6.07, 6.45) is 5.59. The number of rotatable bonds is 6. The maximum Gasteiger partial charge on any atom is 1.00 e. The first-order valence-corrected chi connectivity index (χ1v) is 16.0. The van der Waals surface area contributed by atoms with Crippen molar-refractivity contribution in [3.8, 4) is 0 Å². The minimum absolute atomic E-state index is 0. The summed E-state index contributed by atoms with van der Waals surface area (Å²) >= 11 is 0. The van der Waals surface area contributed by atoms with Crippen molar-refractivity contribution in [3.05, 3.63) is 46.5 Å². The normalized spacial score (nSPS) is 33.9. The first kappa shape index (κ1) is 34.4. The summed E-state index contributed by atoms with van der Waals surface area (Å²) in [6, 6.07) is 7.24. The number of ketones is 2. The number of carbonyl (C=O) groups excluding carboxylic acids is 2. The summed E-state index contributed by atoms with van der Waals surface area (Å²) in [4.78, 5) is 26.8. The minimum Gasteiger partial charge on any atom is -0.748 e. The monoisotopic (exact) mass is 606 g/mol. The van der Waals surface area contributed by atoms with E-state index in [0.717, 1.165) is 11.1 Å². The van der Waals surface area contributed by atoms with Gasteiger partial charge in [0.2, 0.25) is 0 Å². The number of fused-ring (bicyclic) bond motifs is 4. The smallest absolute Gasteiger partial charge is 0.748 e. The van der Waals surface area contributed by atoms with E-state index in [0.29, 0.717) is 36.8 Å². The Morgan fingerprint density at radius 3 is 1.27 bits per heavy atom. The average Bonchev–Trinajstić information content (AvgIpc) is 3.27. The molecule has 1 aromatic carbocycles. The zero-order chi connectivity index (χ0) is 28.1. The zero-order valence-electron chi connectivity index (χ0n) is 23.9. The predicted molar refractivity (Wildman–Crippen MR) is 139 cm³/mol. The molecule has 0 aromatic heterocycles. The van der Waals surface area contributed by atoms with Gasteiger partial charge in [-0.25, -0.2) is 16.8 Å². The predicted octanol–water partition coefficient (Wildman–Crippen LogP) is -2.44. The minimum atomic E-state index is -4.58. The van der Waals surface area contributed by atoms with E-state index in [1.165, 1.54) is 0 Å². The van der Waals surface area contributed by atoms with Crippen LogP contribution in [-0.2, 0) is 29.8 Å². The second-order valence-corrected chi connectivity index (χ2v) is 15.5. The van der Waals surface area contributed by atoms with Gasteiger partial charge in [0, 0.05) is 11.1 Å². The molecule has 4 aliphatic carbocycles. The third kappa shape index (κ3) is 5.16. The number of hydrogen-bond donors (Lipinski definition) is 0. The van der Waals surface area contributed by atoms with Crippen molar-refractivity contribution in [1.29, 1.82) is 0 Å². The molecule has 4 fully saturated rings.